The van der Waals surface area contributed by atoms with Crippen molar-refractivity contribution < 1.29 is 14.7 Å². The number of nitrogens with one attached hydrogen (secondary N) is 1. The molecular formula is C17H19ClN2O3. The zero-order valence-corrected chi connectivity index (χ0v) is 13.9. The van der Waals surface area contributed by atoms with Gasteiger partial charge in [0.25, 0.3) is 5.91 Å². The number of rotatable bonds is 6. The number of benzene rings is 1. The highest BCUT2D eigenvalue weighted by atomic mass is 35.5. The van der Waals surface area contributed by atoms with Crippen LogP contribution in [0.2, 0.25) is 5.02 Å². The van der Waals surface area contributed by atoms with Crippen LogP contribution in [0.5, 0.6) is 0 Å². The maximum Gasteiger partial charge on any atom is 0.261 e. The van der Waals surface area contributed by atoms with Gasteiger partial charge in [-0.25, -0.2) is 0 Å². The quantitative estimate of drug-likeness (QED) is 0.472. The third kappa shape index (κ3) is 4.13. The number of carbonyl (C=O) groups is 1. The van der Waals surface area contributed by atoms with E-state index in [1.165, 1.54) is 0 Å². The highest BCUT2D eigenvalue weighted by Crippen LogP contribution is 2.24. The van der Waals surface area contributed by atoms with Gasteiger partial charge in [-0.05, 0) is 31.1 Å². The van der Waals surface area contributed by atoms with Crippen LogP contribution in [0, 0.1) is 0 Å². The van der Waals surface area contributed by atoms with Crippen molar-refractivity contribution in [2.24, 2.45) is 5.16 Å². The average Bonchev–Trinajstić information content (AvgIpc) is 2.80. The van der Waals surface area contributed by atoms with E-state index in [1.54, 1.807) is 25.1 Å². The molecule has 5 nitrogen and oxygen atoms in total. The van der Waals surface area contributed by atoms with Crippen LogP contribution in [0.3, 0.4) is 0 Å². The topological polar surface area (TPSA) is 70.9 Å². The summed E-state index contributed by atoms with van der Waals surface area (Å²) in [6, 6.07) is 7.16. The summed E-state index contributed by atoms with van der Waals surface area (Å²) in [4.78, 5) is 17.2. The van der Waals surface area contributed by atoms with Gasteiger partial charge < -0.3 is 15.3 Å². The van der Waals surface area contributed by atoms with Gasteiger partial charge in [0, 0.05) is 5.02 Å². The first kappa shape index (κ1) is 17.1. The van der Waals surface area contributed by atoms with E-state index < -0.39 is 5.91 Å². The molecule has 2 N–H and O–H groups in total. The van der Waals surface area contributed by atoms with E-state index in [0.717, 1.165) is 12.8 Å². The molecule has 1 aromatic rings. The summed E-state index contributed by atoms with van der Waals surface area (Å²) in [6.07, 6.45) is 3.49. The fourth-order valence-corrected chi connectivity index (χ4v) is 2.26. The summed E-state index contributed by atoms with van der Waals surface area (Å²) in [5.41, 5.74) is 1.44. The Morgan fingerprint density at radius 1 is 1.43 bits per heavy atom. The van der Waals surface area contributed by atoms with Crippen molar-refractivity contribution in [2.75, 3.05) is 6.61 Å². The van der Waals surface area contributed by atoms with Gasteiger partial charge in [0.15, 0.2) is 5.76 Å². The van der Waals surface area contributed by atoms with Crippen LogP contribution in [0.25, 0.3) is 6.08 Å². The summed E-state index contributed by atoms with van der Waals surface area (Å²) in [5.74, 6) is -0.573. The second-order valence-electron chi connectivity index (χ2n) is 5.12. The predicted molar refractivity (Wildman–Crippen MR) is 91.2 cm³/mol. The number of carbonyl (C=O) groups excluding carboxylic acids is 1. The van der Waals surface area contributed by atoms with Gasteiger partial charge in [0.1, 0.15) is 12.2 Å². The van der Waals surface area contributed by atoms with E-state index in [1.807, 2.05) is 19.1 Å². The number of nitrogens with zero attached hydrogens (tertiary/aromatic N) is 1. The molecule has 23 heavy (non-hydrogen) atoms. The number of oxime groups is 1. The molecule has 0 saturated heterocycles. The van der Waals surface area contributed by atoms with Crippen LogP contribution >= 0.6 is 11.6 Å². The number of aliphatic hydroxyl groups is 1. The molecule has 6 heteroatoms. The number of hydrogen-bond donors (Lipinski definition) is 2. The first-order valence-corrected chi connectivity index (χ1v) is 7.80. The van der Waals surface area contributed by atoms with Crippen LogP contribution in [0.4, 0.5) is 0 Å². The minimum absolute atomic E-state index is 0.111. The monoisotopic (exact) mass is 334 g/mol. The van der Waals surface area contributed by atoms with Crippen molar-refractivity contribution in [1.82, 2.24) is 5.32 Å². The highest BCUT2D eigenvalue weighted by molar-refractivity contribution is 6.32. The van der Waals surface area contributed by atoms with Crippen molar-refractivity contribution >= 4 is 29.3 Å². The van der Waals surface area contributed by atoms with Crippen LogP contribution in [0.15, 0.2) is 46.5 Å². The minimum Gasteiger partial charge on any atom is -0.505 e. The first-order chi connectivity index (χ1) is 11.0. The Hall–Kier alpha value is -2.27. The molecule has 1 amide bonds. The summed E-state index contributed by atoms with van der Waals surface area (Å²) in [7, 11) is 0. The van der Waals surface area contributed by atoms with Gasteiger partial charge in [-0.2, -0.15) is 0 Å². The van der Waals surface area contributed by atoms with E-state index >= 15 is 0 Å². The molecule has 2 rings (SSSR count). The molecule has 0 saturated carbocycles. The van der Waals surface area contributed by atoms with E-state index in [0.29, 0.717) is 28.6 Å². The van der Waals surface area contributed by atoms with Crippen LogP contribution < -0.4 is 5.32 Å². The van der Waals surface area contributed by atoms with Gasteiger partial charge in [-0.1, -0.05) is 48.3 Å². The Bertz CT molecular complexity index is 693. The molecule has 0 radical (unpaired) electrons. The molecule has 1 aromatic carbocycles. The van der Waals surface area contributed by atoms with Crippen molar-refractivity contribution in [1.29, 1.82) is 0 Å². The van der Waals surface area contributed by atoms with Crippen LogP contribution in [-0.4, -0.2) is 23.3 Å². The smallest absolute Gasteiger partial charge is 0.261 e. The van der Waals surface area contributed by atoms with Gasteiger partial charge in [0.2, 0.25) is 0 Å². The van der Waals surface area contributed by atoms with E-state index in [9.17, 15) is 9.90 Å². The largest absolute Gasteiger partial charge is 0.505 e. The maximum absolute atomic E-state index is 12.1. The Morgan fingerprint density at radius 3 is 2.87 bits per heavy atom. The summed E-state index contributed by atoms with van der Waals surface area (Å²) in [6.45, 7) is 4.14. The molecule has 1 aliphatic heterocycles. The minimum atomic E-state index is -0.416. The second-order valence-corrected chi connectivity index (χ2v) is 5.53. The third-order valence-electron chi connectivity index (χ3n) is 3.32. The number of aliphatic hydroxyl groups excluding tert-OH is 1. The Labute approximate surface area is 140 Å². The fourth-order valence-electron chi connectivity index (χ4n) is 2.07. The van der Waals surface area contributed by atoms with Gasteiger partial charge in [0.05, 0.1) is 11.4 Å². The van der Waals surface area contributed by atoms with Crippen LogP contribution in [0.1, 0.15) is 32.3 Å². The van der Waals surface area contributed by atoms with Crippen molar-refractivity contribution in [3.8, 4) is 0 Å². The van der Waals surface area contributed by atoms with Crippen LogP contribution in [-0.2, 0) is 9.63 Å². The molecule has 122 valence electrons. The molecule has 1 aliphatic rings. The lowest BCUT2D eigenvalue weighted by atomic mass is 10.1. The molecule has 0 aliphatic carbocycles. The molecule has 1 heterocycles. The lowest BCUT2D eigenvalue weighted by Gasteiger charge is -2.01. The van der Waals surface area contributed by atoms with E-state index in [4.69, 9.17) is 16.4 Å². The summed E-state index contributed by atoms with van der Waals surface area (Å²) in [5, 5.41) is 17.3. The third-order valence-corrected chi connectivity index (χ3v) is 3.67. The summed E-state index contributed by atoms with van der Waals surface area (Å²) < 4.78 is 0. The molecule has 0 fully saturated rings. The number of unbranched alkanes of at least 4 members (excludes halogenated alkanes) is 1. The lowest BCUT2D eigenvalue weighted by molar-refractivity contribution is -0.115. The van der Waals surface area contributed by atoms with Crippen molar-refractivity contribution in [2.45, 2.75) is 26.7 Å². The second kappa shape index (κ2) is 7.83. The predicted octanol–water partition coefficient (Wildman–Crippen LogP) is 3.82. The van der Waals surface area contributed by atoms with Crippen molar-refractivity contribution in [3.05, 3.63) is 51.9 Å². The first-order valence-electron chi connectivity index (χ1n) is 7.42. The number of amides is 1. The Balaban J connectivity index is 2.25. The highest BCUT2D eigenvalue weighted by Gasteiger charge is 2.29. The number of halogens is 1. The van der Waals surface area contributed by atoms with Crippen molar-refractivity contribution in [3.63, 3.8) is 0 Å². The molecule has 0 unspecified atom stereocenters. The normalized spacial score (nSPS) is 16.9. The summed E-state index contributed by atoms with van der Waals surface area (Å²) >= 11 is 6.09. The molecular weight excluding hydrogens is 316 g/mol. The zero-order chi connectivity index (χ0) is 16.8. The standard InChI is InChI=1S/C17H19ClN2O3/c1-3-4-9-23-20-11(2)15-16(21)14(19-17(15)22)10-12-7-5-6-8-13(12)18/h5-8,10,21H,3-4,9H2,1-2H3,(H,19,22)/b14-10-,20-11+. The van der Waals surface area contributed by atoms with Gasteiger partial charge >= 0.3 is 0 Å². The molecule has 0 aromatic heterocycles. The van der Waals surface area contributed by atoms with E-state index in [2.05, 4.69) is 10.5 Å². The number of hydrogen-bond acceptors (Lipinski definition) is 4. The average molecular weight is 335 g/mol. The zero-order valence-electron chi connectivity index (χ0n) is 13.1. The lowest BCUT2D eigenvalue weighted by Crippen LogP contribution is -2.19. The van der Waals surface area contributed by atoms with Gasteiger partial charge in [-0.15, -0.1) is 0 Å². The SMILES string of the molecule is CCCCO/N=C(\C)C1=C(O)/C(=C/c2ccccc2Cl)NC1=O. The van der Waals surface area contributed by atoms with Gasteiger partial charge in [-0.3, -0.25) is 4.79 Å². The molecule has 0 atom stereocenters. The maximum atomic E-state index is 12.1. The Kier molecular flexibility index (Phi) is 5.82. The molecule has 0 spiro atoms. The Morgan fingerprint density at radius 2 is 2.17 bits per heavy atom. The van der Waals surface area contributed by atoms with E-state index in [-0.39, 0.29) is 11.3 Å². The fraction of sp³-hybridized carbons (Fsp3) is 0.294. The molecule has 0 bridgehead atoms.